The van der Waals surface area contributed by atoms with Gasteiger partial charge in [-0.25, -0.2) is 0 Å². The van der Waals surface area contributed by atoms with Crippen molar-refractivity contribution in [2.45, 2.75) is 104 Å². The van der Waals surface area contributed by atoms with Gasteiger partial charge in [-0.2, -0.15) is 0 Å². The molecule has 0 amide bonds. The van der Waals surface area contributed by atoms with Crippen molar-refractivity contribution in [3.05, 3.63) is 29.7 Å². The molecule has 0 radical (unpaired) electrons. The Morgan fingerprint density at radius 2 is 0.815 bits per heavy atom. The van der Waals surface area contributed by atoms with Crippen LogP contribution in [0, 0.1) is 65.2 Å². The molecule has 0 bridgehead atoms. The fraction of sp³-hybridized carbons (Fsp3) is 0.846. The summed E-state index contributed by atoms with van der Waals surface area (Å²) in [6.45, 7) is 4.75. The molecule has 0 aliphatic heterocycles. The molecule has 1 heteroatoms. The number of rotatable bonds is 2. The molecular weight excluding hydrogens is 404 g/mol. The quantitative estimate of drug-likeness (QED) is 0.364. The zero-order valence-electron chi connectivity index (χ0n) is 19.9. The Morgan fingerprint density at radius 1 is 0.481 bits per heavy atom. The Balaban J connectivity index is -0.000000360. The molecule has 0 aromatic rings. The molecule has 0 spiro atoms. The predicted molar refractivity (Wildman–Crippen MR) is 123 cm³/mol. The first kappa shape index (κ1) is 32.5. The Hall–Kier alpha value is 0.883. The molecule has 4 saturated carbocycles. The van der Waals surface area contributed by atoms with Gasteiger partial charge in [0.05, 0.1) is 0 Å². The summed E-state index contributed by atoms with van der Waals surface area (Å²) in [7, 11) is 0. The summed E-state index contributed by atoms with van der Waals surface area (Å²) in [6.07, 6.45) is 21.4. The fourth-order valence-corrected chi connectivity index (χ4v) is 6.73. The van der Waals surface area contributed by atoms with Crippen LogP contribution >= 0.6 is 0 Å². The van der Waals surface area contributed by atoms with Crippen molar-refractivity contribution < 1.29 is 26.2 Å². The van der Waals surface area contributed by atoms with Gasteiger partial charge in [0.15, 0.2) is 0 Å². The first-order valence-corrected chi connectivity index (χ1v) is 10.8. The smallest absolute Gasteiger partial charge is 0.358 e. The van der Waals surface area contributed by atoms with Gasteiger partial charge in [-0.15, -0.1) is 0 Å². The van der Waals surface area contributed by atoms with Crippen LogP contribution in [0.1, 0.15) is 104 Å². The molecular formula is C26H52Zr. The SMILES string of the molecule is CCC1CCC2CCCCC12.CCC1CCC2CCCCC12.[CH3-].[CH3-].[CH3-].[CH3-].[Zr+4]. The van der Waals surface area contributed by atoms with E-state index in [9.17, 15) is 0 Å². The molecule has 0 nitrogen and oxygen atoms in total. The molecule has 4 fully saturated rings. The second-order valence-electron chi connectivity index (χ2n) is 8.91. The summed E-state index contributed by atoms with van der Waals surface area (Å²) in [4.78, 5) is 0. The van der Waals surface area contributed by atoms with Gasteiger partial charge in [-0.1, -0.05) is 65.2 Å². The maximum atomic E-state index is 2.38. The first-order chi connectivity index (χ1) is 10.8. The van der Waals surface area contributed by atoms with E-state index in [1.54, 1.807) is 51.4 Å². The Labute approximate surface area is 194 Å². The zero-order chi connectivity index (χ0) is 15.4. The van der Waals surface area contributed by atoms with E-state index in [0.29, 0.717) is 0 Å². The van der Waals surface area contributed by atoms with Crippen molar-refractivity contribution in [1.29, 1.82) is 0 Å². The molecule has 0 heterocycles. The van der Waals surface area contributed by atoms with Crippen LogP contribution in [0.15, 0.2) is 0 Å². The van der Waals surface area contributed by atoms with Crippen LogP contribution in [-0.2, 0) is 26.2 Å². The van der Waals surface area contributed by atoms with Crippen molar-refractivity contribution >= 4 is 0 Å². The van der Waals surface area contributed by atoms with Crippen molar-refractivity contribution in [3.63, 3.8) is 0 Å². The van der Waals surface area contributed by atoms with Crippen molar-refractivity contribution in [2.75, 3.05) is 0 Å². The van der Waals surface area contributed by atoms with E-state index in [1.165, 1.54) is 38.5 Å². The average molecular weight is 456 g/mol. The molecule has 160 valence electrons. The standard InChI is InChI=1S/2C11H20.4CH3.Zr/c2*1-2-9-7-8-10-5-3-4-6-11(9)10;;;;;/h2*9-11H,2-8H2,1H3;4*1H3;/q;;4*-1;+4. The van der Waals surface area contributed by atoms with Crippen LogP contribution < -0.4 is 0 Å². The summed E-state index contributed by atoms with van der Waals surface area (Å²) in [5.41, 5.74) is 0. The Bertz CT molecular complexity index is 282. The Morgan fingerprint density at radius 3 is 1.15 bits per heavy atom. The van der Waals surface area contributed by atoms with Gasteiger partial charge in [-0.05, 0) is 74.0 Å². The van der Waals surface area contributed by atoms with E-state index in [0.717, 1.165) is 35.5 Å². The molecule has 27 heavy (non-hydrogen) atoms. The van der Waals surface area contributed by atoms with Crippen LogP contribution in [0.4, 0.5) is 0 Å². The van der Waals surface area contributed by atoms with E-state index in [4.69, 9.17) is 0 Å². The van der Waals surface area contributed by atoms with Crippen molar-refractivity contribution in [3.8, 4) is 0 Å². The van der Waals surface area contributed by atoms with Gasteiger partial charge in [0.2, 0.25) is 0 Å². The number of hydrogen-bond donors (Lipinski definition) is 0. The van der Waals surface area contributed by atoms with Gasteiger partial charge in [0.1, 0.15) is 0 Å². The van der Waals surface area contributed by atoms with Gasteiger partial charge in [0, 0.05) is 0 Å². The van der Waals surface area contributed by atoms with Gasteiger partial charge in [-0.3, -0.25) is 0 Å². The topological polar surface area (TPSA) is 0 Å². The minimum absolute atomic E-state index is 0. The number of hydrogen-bond acceptors (Lipinski definition) is 0. The minimum Gasteiger partial charge on any atom is -0.358 e. The van der Waals surface area contributed by atoms with E-state index >= 15 is 0 Å². The van der Waals surface area contributed by atoms with E-state index < -0.39 is 0 Å². The van der Waals surface area contributed by atoms with Gasteiger partial charge < -0.3 is 29.7 Å². The minimum atomic E-state index is 0. The average Bonchev–Trinajstić information content (AvgIpc) is 3.19. The molecule has 0 N–H and O–H groups in total. The molecule has 0 saturated heterocycles. The summed E-state index contributed by atoms with van der Waals surface area (Å²) in [5.74, 6) is 6.81. The second-order valence-corrected chi connectivity index (χ2v) is 8.91. The van der Waals surface area contributed by atoms with E-state index in [2.05, 4.69) is 13.8 Å². The molecule has 4 aliphatic carbocycles. The molecule has 6 atom stereocenters. The molecule has 6 unspecified atom stereocenters. The molecule has 0 aromatic heterocycles. The summed E-state index contributed by atoms with van der Waals surface area (Å²) in [6, 6.07) is 0. The molecule has 4 aliphatic rings. The monoisotopic (exact) mass is 454 g/mol. The fourth-order valence-electron chi connectivity index (χ4n) is 6.73. The zero-order valence-corrected chi connectivity index (χ0v) is 22.3. The third-order valence-corrected chi connectivity index (χ3v) is 8.01. The van der Waals surface area contributed by atoms with Crippen LogP contribution in [0.2, 0.25) is 0 Å². The first-order valence-electron chi connectivity index (χ1n) is 10.8. The maximum absolute atomic E-state index is 2.38. The molecule has 4 rings (SSSR count). The largest absolute Gasteiger partial charge is 4.00 e. The van der Waals surface area contributed by atoms with Crippen LogP contribution in [0.25, 0.3) is 0 Å². The van der Waals surface area contributed by atoms with E-state index in [1.807, 2.05) is 0 Å². The Kier molecular flexibility index (Phi) is 20.1. The van der Waals surface area contributed by atoms with Gasteiger partial charge in [0.25, 0.3) is 0 Å². The maximum Gasteiger partial charge on any atom is 4.00 e. The van der Waals surface area contributed by atoms with Crippen LogP contribution in [0.3, 0.4) is 0 Å². The van der Waals surface area contributed by atoms with Crippen LogP contribution in [-0.4, -0.2) is 0 Å². The molecule has 0 aromatic carbocycles. The third kappa shape index (κ3) is 8.26. The second kappa shape index (κ2) is 16.7. The van der Waals surface area contributed by atoms with Crippen molar-refractivity contribution in [1.82, 2.24) is 0 Å². The predicted octanol–water partition coefficient (Wildman–Crippen LogP) is 9.02. The summed E-state index contributed by atoms with van der Waals surface area (Å²) >= 11 is 0. The normalized spacial score (nSPS) is 35.8. The van der Waals surface area contributed by atoms with Crippen LogP contribution in [0.5, 0.6) is 0 Å². The summed E-state index contributed by atoms with van der Waals surface area (Å²) < 4.78 is 0. The number of fused-ring (bicyclic) bond motifs is 2. The summed E-state index contributed by atoms with van der Waals surface area (Å²) in [5, 5.41) is 0. The van der Waals surface area contributed by atoms with E-state index in [-0.39, 0.29) is 55.9 Å². The van der Waals surface area contributed by atoms with Crippen molar-refractivity contribution in [2.24, 2.45) is 35.5 Å². The van der Waals surface area contributed by atoms with Gasteiger partial charge >= 0.3 is 26.2 Å². The third-order valence-electron chi connectivity index (χ3n) is 8.01.